The van der Waals surface area contributed by atoms with Crippen molar-refractivity contribution >= 4 is 86.3 Å². The molecule has 0 aromatic heterocycles. The van der Waals surface area contributed by atoms with E-state index in [9.17, 15) is 9.59 Å². The first-order valence-corrected chi connectivity index (χ1v) is 12.3. The van der Waals surface area contributed by atoms with Gasteiger partial charge in [-0.05, 0) is 95.0 Å². The average Bonchev–Trinajstić information content (AvgIpc) is 3.00. The van der Waals surface area contributed by atoms with Crippen LogP contribution in [0.15, 0.2) is 72.8 Å². The van der Waals surface area contributed by atoms with Gasteiger partial charge in [-0.3, -0.25) is 14.5 Å². The van der Waals surface area contributed by atoms with E-state index in [1.54, 1.807) is 41.3 Å². The van der Waals surface area contributed by atoms with Crippen molar-refractivity contribution in [2.45, 2.75) is 19.0 Å². The maximum atomic E-state index is 13.5. The Morgan fingerprint density at radius 3 is 2.36 bits per heavy atom. The molecule has 1 unspecified atom stereocenters. The van der Waals surface area contributed by atoms with Gasteiger partial charge in [0.2, 0.25) is 5.91 Å². The lowest BCUT2D eigenvalue weighted by Crippen LogP contribution is -2.37. The number of rotatable bonds is 6. The summed E-state index contributed by atoms with van der Waals surface area (Å²) in [6, 6.07) is 21.0. The molecule has 0 bridgehead atoms. The summed E-state index contributed by atoms with van der Waals surface area (Å²) in [5, 5.41) is 4.30. The molecular weight excluding hydrogens is 592 g/mol. The van der Waals surface area contributed by atoms with E-state index < -0.39 is 6.04 Å². The number of halogens is 3. The topological polar surface area (TPSA) is 52.7 Å². The minimum atomic E-state index is -0.754. The van der Waals surface area contributed by atoms with Gasteiger partial charge in [-0.25, -0.2) is 0 Å². The lowest BCUT2D eigenvalue weighted by molar-refractivity contribution is -0.124. The van der Waals surface area contributed by atoms with Crippen molar-refractivity contribution < 1.29 is 9.59 Å². The Bertz CT molecular complexity index is 1210. The number of thiocarbonyl (C=S) groups is 1. The van der Waals surface area contributed by atoms with Gasteiger partial charge in [-0.2, -0.15) is 0 Å². The van der Waals surface area contributed by atoms with Gasteiger partial charge in [0, 0.05) is 25.8 Å². The van der Waals surface area contributed by atoms with Crippen LogP contribution in [0.4, 0.5) is 11.4 Å². The summed E-state index contributed by atoms with van der Waals surface area (Å²) in [5.41, 5.74) is 2.16. The highest BCUT2D eigenvalue weighted by Gasteiger charge is 2.44. The van der Waals surface area contributed by atoms with Crippen LogP contribution in [-0.4, -0.2) is 27.9 Å². The van der Waals surface area contributed by atoms with Crippen LogP contribution in [-0.2, 0) is 16.1 Å². The Balaban J connectivity index is 1.60. The Kier molecular flexibility index (Phi) is 7.53. The summed E-state index contributed by atoms with van der Waals surface area (Å²) in [5.74, 6) is -0.541. The molecule has 4 rings (SSSR count). The average molecular weight is 610 g/mol. The van der Waals surface area contributed by atoms with E-state index in [1.165, 1.54) is 4.90 Å². The third-order valence-electron chi connectivity index (χ3n) is 5.16. The van der Waals surface area contributed by atoms with Gasteiger partial charge in [-0.15, -0.1) is 0 Å². The van der Waals surface area contributed by atoms with Crippen molar-refractivity contribution in [1.82, 2.24) is 4.90 Å². The molecule has 1 N–H and O–H groups in total. The van der Waals surface area contributed by atoms with Crippen LogP contribution in [0.3, 0.4) is 0 Å². The molecule has 33 heavy (non-hydrogen) atoms. The van der Waals surface area contributed by atoms with Crippen LogP contribution in [0.1, 0.15) is 12.0 Å². The van der Waals surface area contributed by atoms with E-state index in [1.807, 2.05) is 36.4 Å². The summed E-state index contributed by atoms with van der Waals surface area (Å²) in [7, 11) is 0. The zero-order chi connectivity index (χ0) is 23.5. The van der Waals surface area contributed by atoms with Crippen LogP contribution in [0.5, 0.6) is 0 Å². The van der Waals surface area contributed by atoms with Crippen LogP contribution >= 0.6 is 58.0 Å². The fourth-order valence-electron chi connectivity index (χ4n) is 3.57. The molecule has 0 saturated carbocycles. The zero-order valence-corrected chi connectivity index (χ0v) is 21.7. The fourth-order valence-corrected chi connectivity index (χ4v) is 4.63. The molecule has 2 amide bonds. The van der Waals surface area contributed by atoms with Crippen molar-refractivity contribution in [1.29, 1.82) is 0 Å². The smallest absolute Gasteiger partial charge is 0.256 e. The molecule has 0 spiro atoms. The van der Waals surface area contributed by atoms with Crippen molar-refractivity contribution in [3.8, 4) is 0 Å². The first kappa shape index (κ1) is 23.9. The van der Waals surface area contributed by atoms with Crippen LogP contribution in [0.25, 0.3) is 0 Å². The number of anilines is 2. The second-order valence-corrected chi connectivity index (χ2v) is 9.95. The molecule has 3 aromatic carbocycles. The highest BCUT2D eigenvalue weighted by molar-refractivity contribution is 14.1. The number of hydrogen-bond donors (Lipinski definition) is 1. The molecular formula is C24H18Cl2IN3O2S. The lowest BCUT2D eigenvalue weighted by atomic mass is 10.1. The predicted molar refractivity (Wildman–Crippen MR) is 145 cm³/mol. The normalized spacial score (nSPS) is 15.8. The maximum absolute atomic E-state index is 13.5. The monoisotopic (exact) mass is 609 g/mol. The molecule has 0 aliphatic carbocycles. The Morgan fingerprint density at radius 1 is 1.00 bits per heavy atom. The molecule has 3 aromatic rings. The minimum Gasteiger partial charge on any atom is -0.332 e. The number of benzene rings is 3. The van der Waals surface area contributed by atoms with E-state index in [0.29, 0.717) is 33.1 Å². The molecule has 5 nitrogen and oxygen atoms in total. The van der Waals surface area contributed by atoms with E-state index in [4.69, 9.17) is 35.4 Å². The number of carbonyl (C=O) groups is 2. The Morgan fingerprint density at radius 2 is 1.70 bits per heavy atom. The van der Waals surface area contributed by atoms with Crippen molar-refractivity contribution in [3.05, 3.63) is 92.0 Å². The number of nitrogens with zero attached hydrogens (tertiary/aromatic N) is 2. The standard InChI is InChI=1S/C24H18Cl2IN3O2S/c25-16-6-4-15(5-7-16)14-29-21(13-22(31)28-19-10-8-18(27)9-11-19)23(32)30(24(29)33)20-3-1-2-17(26)12-20/h1-12,21H,13-14H2,(H,28,31). The summed E-state index contributed by atoms with van der Waals surface area (Å²) in [6.45, 7) is 0.361. The van der Waals surface area contributed by atoms with Crippen molar-refractivity contribution in [2.24, 2.45) is 0 Å². The summed E-state index contributed by atoms with van der Waals surface area (Å²) in [6.07, 6.45) is -0.0460. The summed E-state index contributed by atoms with van der Waals surface area (Å²) in [4.78, 5) is 29.5. The van der Waals surface area contributed by atoms with E-state index in [0.717, 1.165) is 9.13 Å². The first-order valence-electron chi connectivity index (χ1n) is 10.0. The highest BCUT2D eigenvalue weighted by Crippen LogP contribution is 2.30. The third-order valence-corrected chi connectivity index (χ3v) is 6.78. The molecule has 9 heteroatoms. The van der Waals surface area contributed by atoms with Crippen molar-refractivity contribution in [3.63, 3.8) is 0 Å². The second-order valence-electron chi connectivity index (χ2n) is 7.47. The minimum absolute atomic E-state index is 0.0460. The number of nitrogens with one attached hydrogen (secondary N) is 1. The van der Waals surface area contributed by atoms with E-state index in [2.05, 4.69) is 27.9 Å². The van der Waals surface area contributed by atoms with E-state index >= 15 is 0 Å². The van der Waals surface area contributed by atoms with Crippen LogP contribution in [0, 0.1) is 3.57 Å². The van der Waals surface area contributed by atoms with Gasteiger partial charge < -0.3 is 10.2 Å². The van der Waals surface area contributed by atoms with Crippen LogP contribution < -0.4 is 10.2 Å². The Hall–Kier alpha value is -2.20. The van der Waals surface area contributed by atoms with Gasteiger partial charge in [0.1, 0.15) is 6.04 Å². The van der Waals surface area contributed by atoms with Crippen LogP contribution in [0.2, 0.25) is 10.0 Å². The van der Waals surface area contributed by atoms with Gasteiger partial charge in [-0.1, -0.05) is 41.4 Å². The molecule has 1 atom stereocenters. The number of carbonyl (C=O) groups excluding carboxylic acids is 2. The zero-order valence-electron chi connectivity index (χ0n) is 17.2. The summed E-state index contributed by atoms with van der Waals surface area (Å²) < 4.78 is 1.06. The molecule has 0 radical (unpaired) electrons. The first-order chi connectivity index (χ1) is 15.8. The fraction of sp³-hybridized carbons (Fsp3) is 0.125. The molecule has 1 aliphatic rings. The SMILES string of the molecule is O=C(CC1C(=O)N(c2cccc(Cl)c2)C(=S)N1Cc1ccc(Cl)cc1)Nc1ccc(I)cc1. The van der Waals surface area contributed by atoms with E-state index in [-0.39, 0.29) is 18.2 Å². The molecule has 1 fully saturated rings. The number of hydrogen-bond acceptors (Lipinski definition) is 3. The van der Waals surface area contributed by atoms with Gasteiger partial charge in [0.05, 0.1) is 12.1 Å². The molecule has 168 valence electrons. The third kappa shape index (κ3) is 5.66. The van der Waals surface area contributed by atoms with Gasteiger partial charge >= 0.3 is 0 Å². The molecule has 1 aliphatic heterocycles. The quantitative estimate of drug-likeness (QED) is 0.270. The Labute approximate surface area is 220 Å². The van der Waals surface area contributed by atoms with Gasteiger partial charge in [0.15, 0.2) is 5.11 Å². The second kappa shape index (κ2) is 10.4. The highest BCUT2D eigenvalue weighted by atomic mass is 127. The van der Waals surface area contributed by atoms with Gasteiger partial charge in [0.25, 0.3) is 5.91 Å². The lowest BCUT2D eigenvalue weighted by Gasteiger charge is -2.24. The predicted octanol–water partition coefficient (Wildman–Crippen LogP) is 6.13. The maximum Gasteiger partial charge on any atom is 0.256 e. The summed E-state index contributed by atoms with van der Waals surface area (Å²) >= 11 is 20.1. The number of amides is 2. The molecule has 1 saturated heterocycles. The molecule has 1 heterocycles. The van der Waals surface area contributed by atoms with Crippen molar-refractivity contribution in [2.75, 3.05) is 10.2 Å². The largest absolute Gasteiger partial charge is 0.332 e.